The Labute approximate surface area is 222 Å². The predicted molar refractivity (Wildman–Crippen MR) is 139 cm³/mol. The van der Waals surface area contributed by atoms with E-state index in [1.54, 1.807) is 19.1 Å². The minimum atomic E-state index is -0.723. The Kier molecular flexibility index (Phi) is 7.68. The van der Waals surface area contributed by atoms with Crippen LogP contribution in [0, 0.1) is 0 Å². The number of esters is 2. The minimum Gasteiger partial charge on any atom is -0.462 e. The number of imide groups is 1. The average Bonchev–Trinajstić information content (AvgIpc) is 3.12. The highest BCUT2D eigenvalue weighted by molar-refractivity contribution is 6.53. The summed E-state index contributed by atoms with van der Waals surface area (Å²) in [4.78, 5) is 62.3. The number of carbonyl (C=O) groups is 5. The van der Waals surface area contributed by atoms with E-state index < -0.39 is 23.8 Å². The van der Waals surface area contributed by atoms with E-state index in [1.165, 1.54) is 67.6 Å². The number of ketones is 1. The van der Waals surface area contributed by atoms with E-state index in [0.717, 1.165) is 4.90 Å². The normalized spacial score (nSPS) is 13.0. The zero-order valence-corrected chi connectivity index (χ0v) is 21.1. The van der Waals surface area contributed by atoms with Gasteiger partial charge in [0.2, 0.25) is 0 Å². The van der Waals surface area contributed by atoms with Gasteiger partial charge in [-0.25, -0.2) is 14.5 Å². The van der Waals surface area contributed by atoms with Gasteiger partial charge in [-0.15, -0.1) is 0 Å². The molecule has 1 heterocycles. The van der Waals surface area contributed by atoms with E-state index in [4.69, 9.17) is 21.1 Å². The Morgan fingerprint density at radius 1 is 0.789 bits per heavy atom. The summed E-state index contributed by atoms with van der Waals surface area (Å²) < 4.78 is 10.3. The fourth-order valence-corrected chi connectivity index (χ4v) is 3.78. The molecule has 0 bridgehead atoms. The number of halogens is 1. The molecule has 2 amide bonds. The lowest BCUT2D eigenvalue weighted by molar-refractivity contribution is -0.120. The van der Waals surface area contributed by atoms with Crippen LogP contribution in [-0.4, -0.2) is 36.1 Å². The van der Waals surface area contributed by atoms with Crippen LogP contribution >= 0.6 is 11.6 Å². The summed E-state index contributed by atoms with van der Waals surface area (Å²) in [6, 6.07) is 18.0. The maximum absolute atomic E-state index is 13.0. The SMILES string of the molecule is CCOC(=O)c1ccc(N2C(=O)C(Cl)=C(Nc3ccc(C(=O)Oc4ccc(C(C)=O)cc4)cc3)C2=O)cc1. The second-order valence-electron chi connectivity index (χ2n) is 8.07. The third-order valence-electron chi connectivity index (χ3n) is 5.53. The molecule has 4 rings (SSSR count). The van der Waals surface area contributed by atoms with Crippen LogP contribution < -0.4 is 15.0 Å². The Bertz CT molecular complexity index is 1460. The van der Waals surface area contributed by atoms with Gasteiger partial charge in [-0.2, -0.15) is 0 Å². The van der Waals surface area contributed by atoms with E-state index >= 15 is 0 Å². The highest BCUT2D eigenvalue weighted by Crippen LogP contribution is 2.30. The van der Waals surface area contributed by atoms with Gasteiger partial charge < -0.3 is 14.8 Å². The van der Waals surface area contributed by atoms with Crippen LogP contribution in [0.15, 0.2) is 83.5 Å². The van der Waals surface area contributed by atoms with E-state index in [9.17, 15) is 24.0 Å². The van der Waals surface area contributed by atoms with Crippen molar-refractivity contribution in [3.8, 4) is 5.75 Å². The maximum atomic E-state index is 13.0. The number of nitrogens with zero attached hydrogens (tertiary/aromatic N) is 1. The lowest BCUT2D eigenvalue weighted by atomic mass is 10.1. The van der Waals surface area contributed by atoms with E-state index in [-0.39, 0.29) is 45.7 Å². The molecule has 1 N–H and O–H groups in total. The predicted octanol–water partition coefficient (Wildman–Crippen LogP) is 4.72. The first-order chi connectivity index (χ1) is 18.2. The molecular weight excluding hydrogens is 512 g/mol. The van der Waals surface area contributed by atoms with Crippen molar-refractivity contribution in [2.24, 2.45) is 0 Å². The Balaban J connectivity index is 1.43. The van der Waals surface area contributed by atoms with Gasteiger partial charge in [-0.3, -0.25) is 14.4 Å². The van der Waals surface area contributed by atoms with Crippen LogP contribution in [0.25, 0.3) is 0 Å². The van der Waals surface area contributed by atoms with E-state index in [1.807, 2.05) is 0 Å². The number of hydrogen-bond acceptors (Lipinski definition) is 8. The highest BCUT2D eigenvalue weighted by atomic mass is 35.5. The molecule has 0 saturated heterocycles. The van der Waals surface area contributed by atoms with Crippen molar-refractivity contribution in [3.63, 3.8) is 0 Å². The highest BCUT2D eigenvalue weighted by Gasteiger charge is 2.39. The zero-order valence-electron chi connectivity index (χ0n) is 20.3. The van der Waals surface area contributed by atoms with Crippen molar-refractivity contribution in [2.75, 3.05) is 16.8 Å². The molecule has 0 aromatic heterocycles. The number of hydrogen-bond donors (Lipinski definition) is 1. The molecule has 3 aromatic rings. The first kappa shape index (κ1) is 26.3. The Hall–Kier alpha value is -4.76. The quantitative estimate of drug-likeness (QED) is 0.191. The zero-order chi connectivity index (χ0) is 27.4. The van der Waals surface area contributed by atoms with Crippen LogP contribution in [0.4, 0.5) is 11.4 Å². The molecule has 10 heteroatoms. The number of benzene rings is 3. The molecule has 0 radical (unpaired) electrons. The summed E-state index contributed by atoms with van der Waals surface area (Å²) in [7, 11) is 0. The summed E-state index contributed by atoms with van der Waals surface area (Å²) in [5, 5.41) is 2.52. The van der Waals surface area contributed by atoms with Crippen LogP contribution in [0.1, 0.15) is 44.9 Å². The molecule has 3 aromatic carbocycles. The van der Waals surface area contributed by atoms with Crippen molar-refractivity contribution in [2.45, 2.75) is 13.8 Å². The number of nitrogens with one attached hydrogen (secondary N) is 1. The van der Waals surface area contributed by atoms with Crippen LogP contribution in [-0.2, 0) is 14.3 Å². The van der Waals surface area contributed by atoms with Gasteiger partial charge in [0, 0.05) is 11.3 Å². The molecule has 0 saturated carbocycles. The molecule has 38 heavy (non-hydrogen) atoms. The third-order valence-corrected chi connectivity index (χ3v) is 5.88. The van der Waals surface area contributed by atoms with Crippen molar-refractivity contribution in [1.29, 1.82) is 0 Å². The fourth-order valence-electron chi connectivity index (χ4n) is 3.56. The van der Waals surface area contributed by atoms with Crippen molar-refractivity contribution in [3.05, 3.63) is 100 Å². The lowest BCUT2D eigenvalue weighted by Gasteiger charge is -2.15. The van der Waals surface area contributed by atoms with E-state index in [0.29, 0.717) is 11.3 Å². The van der Waals surface area contributed by atoms with Gasteiger partial charge in [-0.1, -0.05) is 11.6 Å². The fraction of sp³-hybridized carbons (Fsp3) is 0.107. The number of Topliss-reactive ketones (excluding diaryl/α,β-unsaturated/α-hetero) is 1. The molecule has 0 aliphatic carbocycles. The topological polar surface area (TPSA) is 119 Å². The summed E-state index contributed by atoms with van der Waals surface area (Å²) in [5.41, 5.74) is 1.52. The second-order valence-corrected chi connectivity index (χ2v) is 8.45. The third kappa shape index (κ3) is 5.47. The number of amides is 2. The smallest absolute Gasteiger partial charge is 0.343 e. The number of carbonyl (C=O) groups excluding carboxylic acids is 5. The molecule has 9 nitrogen and oxygen atoms in total. The van der Waals surface area contributed by atoms with Crippen LogP contribution in [0.2, 0.25) is 0 Å². The van der Waals surface area contributed by atoms with Crippen molar-refractivity contribution >= 4 is 52.5 Å². The Morgan fingerprint density at radius 2 is 1.34 bits per heavy atom. The van der Waals surface area contributed by atoms with Gasteiger partial charge in [0.25, 0.3) is 11.8 Å². The van der Waals surface area contributed by atoms with Gasteiger partial charge >= 0.3 is 11.9 Å². The molecule has 1 aliphatic heterocycles. The van der Waals surface area contributed by atoms with Gasteiger partial charge in [0.15, 0.2) is 5.78 Å². The molecular formula is C28H21ClN2O7. The molecule has 0 fully saturated rings. The molecule has 0 unspecified atom stereocenters. The lowest BCUT2D eigenvalue weighted by Crippen LogP contribution is -2.32. The van der Waals surface area contributed by atoms with Crippen molar-refractivity contribution < 1.29 is 33.4 Å². The monoisotopic (exact) mass is 532 g/mol. The van der Waals surface area contributed by atoms with Crippen LogP contribution in [0.3, 0.4) is 0 Å². The summed E-state index contributed by atoms with van der Waals surface area (Å²) in [6.45, 7) is 3.35. The standard InChI is InChI=1S/C28H21ClN2O7/c1-3-37-27(35)18-6-12-21(13-7-18)31-25(33)23(29)24(26(31)34)30-20-10-4-19(5-11-20)28(36)38-22-14-8-17(9-15-22)16(2)32/h4-15,30H,3H2,1-2H3. The molecule has 0 spiro atoms. The molecule has 192 valence electrons. The number of rotatable bonds is 8. The van der Waals surface area contributed by atoms with Crippen LogP contribution in [0.5, 0.6) is 5.75 Å². The van der Waals surface area contributed by atoms with Gasteiger partial charge in [0.1, 0.15) is 16.5 Å². The summed E-state index contributed by atoms with van der Waals surface area (Å²) in [5.74, 6) is -2.35. The summed E-state index contributed by atoms with van der Waals surface area (Å²) in [6.07, 6.45) is 0. The van der Waals surface area contributed by atoms with E-state index in [2.05, 4.69) is 5.32 Å². The van der Waals surface area contributed by atoms with Gasteiger partial charge in [0.05, 0.1) is 23.4 Å². The van der Waals surface area contributed by atoms with Crippen molar-refractivity contribution in [1.82, 2.24) is 0 Å². The first-order valence-corrected chi connectivity index (χ1v) is 11.8. The number of anilines is 2. The molecule has 0 atom stereocenters. The second kappa shape index (κ2) is 11.1. The maximum Gasteiger partial charge on any atom is 0.343 e. The largest absolute Gasteiger partial charge is 0.462 e. The minimum absolute atomic E-state index is 0.0985. The summed E-state index contributed by atoms with van der Waals surface area (Å²) >= 11 is 6.18. The number of ether oxygens (including phenoxy) is 2. The Morgan fingerprint density at radius 3 is 1.92 bits per heavy atom. The first-order valence-electron chi connectivity index (χ1n) is 11.5. The van der Waals surface area contributed by atoms with Gasteiger partial charge in [-0.05, 0) is 86.6 Å². The molecule has 1 aliphatic rings. The average molecular weight is 533 g/mol.